The molecule has 0 atom stereocenters. The number of rotatable bonds is 7. The lowest BCUT2D eigenvalue weighted by atomic mass is 9.87. The van der Waals surface area contributed by atoms with Gasteiger partial charge in [-0.3, -0.25) is 4.90 Å². The van der Waals surface area contributed by atoms with Gasteiger partial charge in [-0.1, -0.05) is 62.4 Å². The quantitative estimate of drug-likeness (QED) is 0.652. The van der Waals surface area contributed by atoms with Gasteiger partial charge in [-0.2, -0.15) is 0 Å². The van der Waals surface area contributed by atoms with Crippen LogP contribution in [0.25, 0.3) is 0 Å². The van der Waals surface area contributed by atoms with Crippen molar-refractivity contribution in [3.8, 4) is 5.75 Å². The third kappa shape index (κ3) is 6.73. The Bertz CT molecular complexity index is 812. The SMILES string of the molecule is O=C(Nc1ccccc1)N1CCN(Cc2cccc(OCCC3CCCCC3)c2)CC1. The molecule has 1 N–H and O–H groups in total. The van der Waals surface area contributed by atoms with Crippen molar-refractivity contribution in [3.05, 3.63) is 60.2 Å². The fourth-order valence-corrected chi connectivity index (χ4v) is 4.64. The minimum atomic E-state index is -0.0146. The normalized spacial score (nSPS) is 18.0. The zero-order valence-corrected chi connectivity index (χ0v) is 18.5. The number of piperazine rings is 1. The Morgan fingerprint density at radius 1 is 0.935 bits per heavy atom. The van der Waals surface area contributed by atoms with Crippen LogP contribution in [0.4, 0.5) is 10.5 Å². The lowest BCUT2D eigenvalue weighted by molar-refractivity contribution is 0.143. The van der Waals surface area contributed by atoms with Crippen molar-refractivity contribution in [1.29, 1.82) is 0 Å². The van der Waals surface area contributed by atoms with E-state index in [0.717, 1.165) is 56.7 Å². The Morgan fingerprint density at radius 3 is 2.48 bits per heavy atom. The highest BCUT2D eigenvalue weighted by atomic mass is 16.5. The van der Waals surface area contributed by atoms with Gasteiger partial charge < -0.3 is 15.0 Å². The maximum atomic E-state index is 12.5. The summed E-state index contributed by atoms with van der Waals surface area (Å²) in [6, 6.07) is 18.1. The molecule has 0 spiro atoms. The molecular formula is C26H35N3O2. The van der Waals surface area contributed by atoms with Crippen molar-refractivity contribution >= 4 is 11.7 Å². The van der Waals surface area contributed by atoms with Crippen molar-refractivity contribution in [2.45, 2.75) is 45.1 Å². The van der Waals surface area contributed by atoms with E-state index in [1.165, 1.54) is 44.1 Å². The van der Waals surface area contributed by atoms with Crippen LogP contribution in [0, 0.1) is 5.92 Å². The molecule has 0 bridgehead atoms. The summed E-state index contributed by atoms with van der Waals surface area (Å²) in [7, 11) is 0. The molecular weight excluding hydrogens is 386 g/mol. The topological polar surface area (TPSA) is 44.8 Å². The highest BCUT2D eigenvalue weighted by molar-refractivity contribution is 5.89. The number of carbonyl (C=O) groups is 1. The first kappa shape index (κ1) is 21.7. The molecule has 0 radical (unpaired) electrons. The zero-order valence-electron chi connectivity index (χ0n) is 18.5. The van der Waals surface area contributed by atoms with Crippen LogP contribution in [0.15, 0.2) is 54.6 Å². The van der Waals surface area contributed by atoms with Gasteiger partial charge in [0.05, 0.1) is 6.61 Å². The second-order valence-electron chi connectivity index (χ2n) is 8.85. The first-order valence-corrected chi connectivity index (χ1v) is 11.8. The molecule has 1 heterocycles. The Labute approximate surface area is 186 Å². The molecule has 1 saturated heterocycles. The van der Waals surface area contributed by atoms with E-state index >= 15 is 0 Å². The predicted octanol–water partition coefficient (Wildman–Crippen LogP) is 5.39. The monoisotopic (exact) mass is 421 g/mol. The first-order valence-electron chi connectivity index (χ1n) is 11.8. The second-order valence-corrected chi connectivity index (χ2v) is 8.85. The summed E-state index contributed by atoms with van der Waals surface area (Å²) in [4.78, 5) is 16.8. The van der Waals surface area contributed by atoms with Crippen LogP contribution in [0.1, 0.15) is 44.1 Å². The van der Waals surface area contributed by atoms with Gasteiger partial charge in [0.25, 0.3) is 0 Å². The van der Waals surface area contributed by atoms with Gasteiger partial charge in [-0.15, -0.1) is 0 Å². The van der Waals surface area contributed by atoms with E-state index in [2.05, 4.69) is 34.5 Å². The van der Waals surface area contributed by atoms with Gasteiger partial charge in [-0.25, -0.2) is 4.79 Å². The van der Waals surface area contributed by atoms with E-state index in [4.69, 9.17) is 4.74 Å². The maximum absolute atomic E-state index is 12.5. The van der Waals surface area contributed by atoms with Gasteiger partial charge >= 0.3 is 6.03 Å². The van der Waals surface area contributed by atoms with E-state index in [9.17, 15) is 4.79 Å². The van der Waals surface area contributed by atoms with Gasteiger partial charge in [-0.05, 0) is 42.2 Å². The third-order valence-corrected chi connectivity index (χ3v) is 6.51. The van der Waals surface area contributed by atoms with Crippen molar-refractivity contribution in [1.82, 2.24) is 9.80 Å². The smallest absolute Gasteiger partial charge is 0.321 e. The molecule has 2 aromatic rings. The molecule has 1 aliphatic carbocycles. The highest BCUT2D eigenvalue weighted by Crippen LogP contribution is 2.26. The summed E-state index contributed by atoms with van der Waals surface area (Å²) in [5.74, 6) is 1.83. The lowest BCUT2D eigenvalue weighted by Gasteiger charge is -2.34. The fraction of sp³-hybridized carbons (Fsp3) is 0.500. The van der Waals surface area contributed by atoms with E-state index < -0.39 is 0 Å². The third-order valence-electron chi connectivity index (χ3n) is 6.51. The number of hydrogen-bond donors (Lipinski definition) is 1. The molecule has 31 heavy (non-hydrogen) atoms. The first-order chi connectivity index (χ1) is 15.3. The molecule has 0 unspecified atom stereocenters. The summed E-state index contributed by atoms with van der Waals surface area (Å²) in [5.41, 5.74) is 2.12. The van der Waals surface area contributed by atoms with Gasteiger partial charge in [0.15, 0.2) is 0 Å². The number of benzene rings is 2. The van der Waals surface area contributed by atoms with Crippen molar-refractivity contribution in [2.24, 2.45) is 5.92 Å². The Balaban J connectivity index is 1.19. The molecule has 2 aromatic carbocycles. The minimum absolute atomic E-state index is 0.0146. The molecule has 0 aromatic heterocycles. The molecule has 2 aliphatic rings. The highest BCUT2D eigenvalue weighted by Gasteiger charge is 2.21. The number of urea groups is 1. The van der Waals surface area contributed by atoms with Crippen LogP contribution in [-0.4, -0.2) is 48.6 Å². The standard InChI is InChI=1S/C26H35N3O2/c30-26(27-24-11-5-2-6-12-24)29-17-15-28(16-18-29)21-23-10-7-13-25(20-23)31-19-14-22-8-3-1-4-9-22/h2,5-7,10-13,20,22H,1,3-4,8-9,14-19,21H2,(H,27,30). The molecule has 5 nitrogen and oxygen atoms in total. The van der Waals surface area contributed by atoms with E-state index in [-0.39, 0.29) is 6.03 Å². The molecule has 1 aliphatic heterocycles. The van der Waals surface area contributed by atoms with E-state index in [1.807, 2.05) is 35.2 Å². The van der Waals surface area contributed by atoms with Crippen molar-refractivity contribution in [2.75, 3.05) is 38.1 Å². The average Bonchev–Trinajstić information content (AvgIpc) is 2.81. The summed E-state index contributed by atoms with van der Waals surface area (Å²) in [6.45, 7) is 4.98. The average molecular weight is 422 g/mol. The van der Waals surface area contributed by atoms with Crippen molar-refractivity contribution in [3.63, 3.8) is 0 Å². The lowest BCUT2D eigenvalue weighted by Crippen LogP contribution is -2.49. The van der Waals surface area contributed by atoms with Crippen molar-refractivity contribution < 1.29 is 9.53 Å². The number of amides is 2. The molecule has 1 saturated carbocycles. The van der Waals surface area contributed by atoms with Crippen LogP contribution in [0.2, 0.25) is 0 Å². The van der Waals surface area contributed by atoms with Gasteiger partial charge in [0, 0.05) is 38.4 Å². The van der Waals surface area contributed by atoms with E-state index in [1.54, 1.807) is 0 Å². The summed E-state index contributed by atoms with van der Waals surface area (Å²) in [5, 5.41) is 2.98. The number of ether oxygens (including phenoxy) is 1. The van der Waals surface area contributed by atoms with Crippen LogP contribution >= 0.6 is 0 Å². The van der Waals surface area contributed by atoms with Crippen LogP contribution in [0.5, 0.6) is 5.75 Å². The molecule has 2 amide bonds. The zero-order chi connectivity index (χ0) is 21.3. The van der Waals surface area contributed by atoms with Crippen LogP contribution in [-0.2, 0) is 6.54 Å². The number of anilines is 1. The summed E-state index contributed by atoms with van der Waals surface area (Å²) in [6.07, 6.45) is 8.11. The number of nitrogens with zero attached hydrogens (tertiary/aromatic N) is 2. The maximum Gasteiger partial charge on any atom is 0.321 e. The molecule has 4 rings (SSSR count). The van der Waals surface area contributed by atoms with Crippen LogP contribution < -0.4 is 10.1 Å². The largest absolute Gasteiger partial charge is 0.494 e. The van der Waals surface area contributed by atoms with Crippen LogP contribution in [0.3, 0.4) is 0 Å². The predicted molar refractivity (Wildman–Crippen MR) is 125 cm³/mol. The summed E-state index contributed by atoms with van der Waals surface area (Å²) < 4.78 is 6.06. The summed E-state index contributed by atoms with van der Waals surface area (Å²) >= 11 is 0. The van der Waals surface area contributed by atoms with E-state index in [0.29, 0.717) is 0 Å². The Morgan fingerprint density at radius 2 is 1.71 bits per heavy atom. The number of carbonyl (C=O) groups excluding carboxylic acids is 1. The second kappa shape index (κ2) is 11.2. The minimum Gasteiger partial charge on any atom is -0.494 e. The molecule has 2 fully saturated rings. The van der Waals surface area contributed by atoms with Gasteiger partial charge in [0.2, 0.25) is 0 Å². The van der Waals surface area contributed by atoms with Gasteiger partial charge in [0.1, 0.15) is 5.75 Å². The Hall–Kier alpha value is -2.53. The molecule has 5 heteroatoms. The fourth-order valence-electron chi connectivity index (χ4n) is 4.64. The number of nitrogens with one attached hydrogen (secondary N) is 1. The molecule has 166 valence electrons. The number of hydrogen-bond acceptors (Lipinski definition) is 3. The number of para-hydroxylation sites is 1. The Kier molecular flexibility index (Phi) is 7.83.